The van der Waals surface area contributed by atoms with Gasteiger partial charge in [0, 0.05) is 25.5 Å². The second-order valence-electron chi connectivity index (χ2n) is 4.49. The molecule has 2 aromatic rings. The highest BCUT2D eigenvalue weighted by Gasteiger charge is 2.15. The van der Waals surface area contributed by atoms with Gasteiger partial charge in [-0.25, -0.2) is 19.9 Å². The number of hydrogen-bond acceptors (Lipinski definition) is 6. The summed E-state index contributed by atoms with van der Waals surface area (Å²) >= 11 is 0. The molecule has 1 saturated heterocycles. The van der Waals surface area contributed by atoms with Gasteiger partial charge < -0.3 is 10.2 Å². The summed E-state index contributed by atoms with van der Waals surface area (Å²) in [6.07, 6.45) is 8.59. The number of rotatable bonds is 3. The first-order valence-corrected chi connectivity index (χ1v) is 6.48. The van der Waals surface area contributed by atoms with Crippen molar-refractivity contribution in [2.45, 2.75) is 12.8 Å². The summed E-state index contributed by atoms with van der Waals surface area (Å²) in [6, 6.07) is 1.66. The summed E-state index contributed by atoms with van der Waals surface area (Å²) in [4.78, 5) is 30.3. The lowest BCUT2D eigenvalue weighted by molar-refractivity contribution is 0.101. The highest BCUT2D eigenvalue weighted by atomic mass is 16.2. The molecule has 0 saturated carbocycles. The Hall–Kier alpha value is -2.57. The molecule has 1 fully saturated rings. The van der Waals surface area contributed by atoms with Gasteiger partial charge in [-0.3, -0.25) is 4.79 Å². The zero-order chi connectivity index (χ0) is 13.8. The molecular formula is C13H14N6O. The average molecular weight is 270 g/mol. The number of amides is 1. The van der Waals surface area contributed by atoms with Crippen molar-refractivity contribution in [2.24, 2.45) is 0 Å². The summed E-state index contributed by atoms with van der Waals surface area (Å²) in [7, 11) is 0. The minimum atomic E-state index is -0.372. The first-order chi connectivity index (χ1) is 9.83. The molecule has 0 aliphatic carbocycles. The minimum absolute atomic E-state index is 0.121. The van der Waals surface area contributed by atoms with Crippen LogP contribution in [0.25, 0.3) is 0 Å². The molecule has 2 aromatic heterocycles. The van der Waals surface area contributed by atoms with Crippen molar-refractivity contribution in [3.05, 3.63) is 36.7 Å². The Morgan fingerprint density at radius 1 is 1.05 bits per heavy atom. The summed E-state index contributed by atoms with van der Waals surface area (Å²) in [5.74, 6) is 0.454. The van der Waals surface area contributed by atoms with E-state index in [0.717, 1.165) is 13.1 Å². The predicted octanol–water partition coefficient (Wildman–Crippen LogP) is 1.12. The number of anilines is 2. The first kappa shape index (κ1) is 12.5. The van der Waals surface area contributed by atoms with Gasteiger partial charge in [-0.1, -0.05) is 0 Å². The predicted molar refractivity (Wildman–Crippen MR) is 73.5 cm³/mol. The highest BCUT2D eigenvalue weighted by Crippen LogP contribution is 2.16. The van der Waals surface area contributed by atoms with E-state index in [1.54, 1.807) is 18.5 Å². The standard InChI is InChI=1S/C13H14N6O/c20-12(11-14-4-3-5-15-11)18-10-8-16-13(17-9-10)19-6-1-2-7-19/h3-5,8-9H,1-2,6-7H2,(H,18,20). The van der Waals surface area contributed by atoms with Gasteiger partial charge in [-0.2, -0.15) is 0 Å². The minimum Gasteiger partial charge on any atom is -0.341 e. The van der Waals surface area contributed by atoms with E-state index in [0.29, 0.717) is 11.6 Å². The van der Waals surface area contributed by atoms with Gasteiger partial charge in [0.25, 0.3) is 5.91 Å². The van der Waals surface area contributed by atoms with Crippen LogP contribution in [0, 0.1) is 0 Å². The van der Waals surface area contributed by atoms with E-state index in [2.05, 4.69) is 30.2 Å². The maximum Gasteiger partial charge on any atom is 0.293 e. The van der Waals surface area contributed by atoms with E-state index in [9.17, 15) is 4.79 Å². The van der Waals surface area contributed by atoms with Crippen LogP contribution in [0.3, 0.4) is 0 Å². The van der Waals surface area contributed by atoms with E-state index >= 15 is 0 Å². The Morgan fingerprint density at radius 3 is 2.35 bits per heavy atom. The van der Waals surface area contributed by atoms with Crippen LogP contribution in [0.1, 0.15) is 23.5 Å². The molecule has 1 aliphatic rings. The molecule has 102 valence electrons. The Labute approximate surface area is 116 Å². The van der Waals surface area contributed by atoms with Gasteiger partial charge in [-0.05, 0) is 18.9 Å². The topological polar surface area (TPSA) is 83.9 Å². The van der Waals surface area contributed by atoms with Crippen molar-refractivity contribution in [2.75, 3.05) is 23.3 Å². The third kappa shape index (κ3) is 2.71. The largest absolute Gasteiger partial charge is 0.341 e. The fourth-order valence-corrected chi connectivity index (χ4v) is 2.07. The number of aromatic nitrogens is 4. The molecule has 20 heavy (non-hydrogen) atoms. The number of hydrogen-bond donors (Lipinski definition) is 1. The Morgan fingerprint density at radius 2 is 1.70 bits per heavy atom. The second-order valence-corrected chi connectivity index (χ2v) is 4.49. The molecule has 3 rings (SSSR count). The zero-order valence-corrected chi connectivity index (χ0v) is 10.9. The fraction of sp³-hybridized carbons (Fsp3) is 0.308. The van der Waals surface area contributed by atoms with Crippen molar-refractivity contribution in [1.29, 1.82) is 0 Å². The molecule has 7 nitrogen and oxygen atoms in total. The maximum absolute atomic E-state index is 11.9. The van der Waals surface area contributed by atoms with Crippen molar-refractivity contribution < 1.29 is 4.79 Å². The molecule has 1 N–H and O–H groups in total. The smallest absolute Gasteiger partial charge is 0.293 e. The Balaban J connectivity index is 1.67. The molecule has 0 unspecified atom stereocenters. The molecule has 0 spiro atoms. The van der Waals surface area contributed by atoms with Crippen LogP contribution in [-0.2, 0) is 0 Å². The SMILES string of the molecule is O=C(Nc1cnc(N2CCCC2)nc1)c1ncccn1. The normalized spacial score (nSPS) is 14.3. The lowest BCUT2D eigenvalue weighted by atomic mass is 10.4. The van der Waals surface area contributed by atoms with Crippen LogP contribution in [0.15, 0.2) is 30.9 Å². The molecule has 1 aliphatic heterocycles. The molecule has 0 bridgehead atoms. The van der Waals surface area contributed by atoms with Gasteiger partial charge in [0.1, 0.15) is 0 Å². The lowest BCUT2D eigenvalue weighted by Gasteiger charge is -2.14. The van der Waals surface area contributed by atoms with Gasteiger partial charge in [0.05, 0.1) is 18.1 Å². The molecule has 3 heterocycles. The average Bonchev–Trinajstić information content (AvgIpc) is 3.03. The number of nitrogens with zero attached hydrogens (tertiary/aromatic N) is 5. The van der Waals surface area contributed by atoms with Crippen molar-refractivity contribution >= 4 is 17.5 Å². The van der Waals surface area contributed by atoms with Crippen LogP contribution >= 0.6 is 0 Å². The van der Waals surface area contributed by atoms with E-state index in [1.165, 1.54) is 25.2 Å². The van der Waals surface area contributed by atoms with Crippen LogP contribution in [0.5, 0.6) is 0 Å². The fourth-order valence-electron chi connectivity index (χ4n) is 2.07. The summed E-state index contributed by atoms with van der Waals surface area (Å²) in [5, 5.41) is 2.67. The number of carbonyl (C=O) groups is 1. The second kappa shape index (κ2) is 5.60. The summed E-state index contributed by atoms with van der Waals surface area (Å²) in [6.45, 7) is 1.98. The van der Waals surface area contributed by atoms with Crippen molar-refractivity contribution in [3.8, 4) is 0 Å². The van der Waals surface area contributed by atoms with Gasteiger partial charge in [0.15, 0.2) is 0 Å². The van der Waals surface area contributed by atoms with Crippen LogP contribution in [0.4, 0.5) is 11.6 Å². The molecule has 0 radical (unpaired) electrons. The van der Waals surface area contributed by atoms with Crippen molar-refractivity contribution in [3.63, 3.8) is 0 Å². The van der Waals surface area contributed by atoms with E-state index in [1.807, 2.05) is 0 Å². The molecule has 0 atom stereocenters. The molecule has 1 amide bonds. The Kier molecular flexibility index (Phi) is 3.49. The monoisotopic (exact) mass is 270 g/mol. The van der Waals surface area contributed by atoms with Crippen LogP contribution in [-0.4, -0.2) is 38.9 Å². The lowest BCUT2D eigenvalue weighted by Crippen LogP contribution is -2.21. The van der Waals surface area contributed by atoms with Crippen molar-refractivity contribution in [1.82, 2.24) is 19.9 Å². The highest BCUT2D eigenvalue weighted by molar-refractivity contribution is 6.01. The first-order valence-electron chi connectivity index (χ1n) is 6.48. The third-order valence-electron chi connectivity index (χ3n) is 3.05. The third-order valence-corrected chi connectivity index (χ3v) is 3.05. The number of carbonyl (C=O) groups excluding carboxylic acids is 1. The molecular weight excluding hydrogens is 256 g/mol. The quantitative estimate of drug-likeness (QED) is 0.899. The van der Waals surface area contributed by atoms with E-state index in [4.69, 9.17) is 0 Å². The number of nitrogens with one attached hydrogen (secondary N) is 1. The van der Waals surface area contributed by atoms with Gasteiger partial charge >= 0.3 is 0 Å². The van der Waals surface area contributed by atoms with E-state index in [-0.39, 0.29) is 11.7 Å². The maximum atomic E-state index is 11.9. The Bertz CT molecular complexity index is 580. The van der Waals surface area contributed by atoms with Gasteiger partial charge in [0.2, 0.25) is 11.8 Å². The van der Waals surface area contributed by atoms with Gasteiger partial charge in [-0.15, -0.1) is 0 Å². The molecule has 7 heteroatoms. The summed E-state index contributed by atoms with van der Waals surface area (Å²) < 4.78 is 0. The summed E-state index contributed by atoms with van der Waals surface area (Å²) in [5.41, 5.74) is 0.533. The van der Waals surface area contributed by atoms with E-state index < -0.39 is 0 Å². The van der Waals surface area contributed by atoms with Crippen LogP contribution in [0.2, 0.25) is 0 Å². The molecule has 0 aromatic carbocycles. The van der Waals surface area contributed by atoms with Crippen LogP contribution < -0.4 is 10.2 Å². The zero-order valence-electron chi connectivity index (χ0n) is 10.9.